The molecular formula is C15H10Cl2F2O. The number of carbonyl (C=O) groups excluding carboxylic acids is 1. The molecule has 1 nitrogen and oxygen atoms in total. The molecule has 0 saturated carbocycles. The number of ketones is 1. The lowest BCUT2D eigenvalue weighted by molar-refractivity contribution is -0.117. The van der Waals surface area contributed by atoms with E-state index in [1.807, 2.05) is 0 Å². The number of hydrogen-bond acceptors (Lipinski definition) is 1. The summed E-state index contributed by atoms with van der Waals surface area (Å²) in [6.45, 7) is 0. The van der Waals surface area contributed by atoms with Crippen LogP contribution in [0.25, 0.3) is 0 Å². The van der Waals surface area contributed by atoms with Crippen molar-refractivity contribution in [3.8, 4) is 0 Å². The molecule has 0 aliphatic carbocycles. The van der Waals surface area contributed by atoms with Crippen LogP contribution in [-0.2, 0) is 17.6 Å². The molecule has 20 heavy (non-hydrogen) atoms. The third-order valence-electron chi connectivity index (χ3n) is 2.84. The van der Waals surface area contributed by atoms with Crippen molar-refractivity contribution in [2.24, 2.45) is 0 Å². The van der Waals surface area contributed by atoms with Gasteiger partial charge in [0.05, 0.1) is 10.0 Å². The zero-order valence-corrected chi connectivity index (χ0v) is 11.8. The van der Waals surface area contributed by atoms with Crippen LogP contribution in [0.15, 0.2) is 36.4 Å². The minimum atomic E-state index is -0.617. The van der Waals surface area contributed by atoms with Crippen LogP contribution in [0.2, 0.25) is 10.0 Å². The van der Waals surface area contributed by atoms with Gasteiger partial charge in [0.1, 0.15) is 17.4 Å². The van der Waals surface area contributed by atoms with E-state index in [0.717, 1.165) is 0 Å². The first kappa shape index (κ1) is 14.9. The van der Waals surface area contributed by atoms with E-state index >= 15 is 0 Å². The van der Waals surface area contributed by atoms with Crippen molar-refractivity contribution in [3.63, 3.8) is 0 Å². The van der Waals surface area contributed by atoms with Crippen LogP contribution >= 0.6 is 23.2 Å². The van der Waals surface area contributed by atoms with E-state index < -0.39 is 11.6 Å². The van der Waals surface area contributed by atoms with E-state index in [0.29, 0.717) is 0 Å². The molecule has 0 fully saturated rings. The predicted molar refractivity (Wildman–Crippen MR) is 75.2 cm³/mol. The highest BCUT2D eigenvalue weighted by Crippen LogP contribution is 2.21. The summed E-state index contributed by atoms with van der Waals surface area (Å²) >= 11 is 11.3. The second kappa shape index (κ2) is 6.33. The first-order valence-electron chi connectivity index (χ1n) is 5.86. The topological polar surface area (TPSA) is 17.1 Å². The molecule has 5 heteroatoms. The first-order valence-corrected chi connectivity index (χ1v) is 6.62. The zero-order valence-electron chi connectivity index (χ0n) is 10.3. The normalized spacial score (nSPS) is 10.6. The second-order valence-electron chi connectivity index (χ2n) is 4.32. The minimum absolute atomic E-state index is 0.0377. The number of hydrogen-bond donors (Lipinski definition) is 0. The highest BCUT2D eigenvalue weighted by molar-refractivity contribution is 6.31. The molecule has 0 radical (unpaired) electrons. The average molecular weight is 315 g/mol. The maximum atomic E-state index is 13.7. The van der Waals surface area contributed by atoms with Gasteiger partial charge in [-0.05, 0) is 23.3 Å². The van der Waals surface area contributed by atoms with Crippen molar-refractivity contribution in [2.45, 2.75) is 12.8 Å². The summed E-state index contributed by atoms with van der Waals surface area (Å²) in [5.74, 6) is -1.55. The Kier molecular flexibility index (Phi) is 4.73. The molecule has 0 bridgehead atoms. The van der Waals surface area contributed by atoms with Crippen molar-refractivity contribution >= 4 is 29.0 Å². The van der Waals surface area contributed by atoms with E-state index in [9.17, 15) is 13.6 Å². The van der Waals surface area contributed by atoms with Crippen molar-refractivity contribution in [2.75, 3.05) is 0 Å². The van der Waals surface area contributed by atoms with Crippen LogP contribution in [0.3, 0.4) is 0 Å². The molecule has 104 valence electrons. The fraction of sp³-hybridized carbons (Fsp3) is 0.133. The Bertz CT molecular complexity index is 601. The predicted octanol–water partition coefficient (Wildman–Crippen LogP) is 4.63. The van der Waals surface area contributed by atoms with Crippen LogP contribution in [0, 0.1) is 11.6 Å². The quantitative estimate of drug-likeness (QED) is 0.804. The van der Waals surface area contributed by atoms with Gasteiger partial charge in [-0.1, -0.05) is 47.5 Å². The molecule has 0 atom stereocenters. The Morgan fingerprint density at radius 1 is 0.850 bits per heavy atom. The lowest BCUT2D eigenvalue weighted by Gasteiger charge is -2.06. The number of carbonyl (C=O) groups is 1. The summed E-state index contributed by atoms with van der Waals surface area (Å²) < 4.78 is 27.3. The lowest BCUT2D eigenvalue weighted by Crippen LogP contribution is -2.09. The average Bonchev–Trinajstić information content (AvgIpc) is 2.40. The summed E-state index contributed by atoms with van der Waals surface area (Å²) in [5, 5.41) is -0.0755. The Morgan fingerprint density at radius 3 is 1.65 bits per heavy atom. The number of benzene rings is 2. The smallest absolute Gasteiger partial charge is 0.145 e. The molecule has 0 aliphatic heterocycles. The summed E-state index contributed by atoms with van der Waals surface area (Å²) in [5.41, 5.74) is 0.398. The van der Waals surface area contributed by atoms with Gasteiger partial charge in [-0.3, -0.25) is 4.79 Å². The lowest BCUT2D eigenvalue weighted by atomic mass is 10.0. The molecule has 0 N–H and O–H groups in total. The second-order valence-corrected chi connectivity index (χ2v) is 5.13. The van der Waals surface area contributed by atoms with E-state index in [4.69, 9.17) is 23.2 Å². The molecule has 0 aliphatic rings. The van der Waals surface area contributed by atoms with Gasteiger partial charge in [-0.25, -0.2) is 8.78 Å². The number of halogens is 4. The van der Waals surface area contributed by atoms with E-state index in [1.54, 1.807) is 12.1 Å². The van der Waals surface area contributed by atoms with E-state index in [-0.39, 0.29) is 39.8 Å². The van der Waals surface area contributed by atoms with Crippen LogP contribution in [0.4, 0.5) is 8.78 Å². The van der Waals surface area contributed by atoms with Gasteiger partial charge in [-0.2, -0.15) is 0 Å². The Labute approximate surface area is 125 Å². The molecule has 0 amide bonds. The van der Waals surface area contributed by atoms with Gasteiger partial charge in [0.15, 0.2) is 0 Å². The molecule has 0 saturated heterocycles. The van der Waals surface area contributed by atoms with E-state index in [2.05, 4.69) is 0 Å². The van der Waals surface area contributed by atoms with Crippen molar-refractivity contribution < 1.29 is 13.6 Å². The Balaban J connectivity index is 2.13. The maximum absolute atomic E-state index is 13.7. The highest BCUT2D eigenvalue weighted by Gasteiger charge is 2.14. The summed E-state index contributed by atoms with van der Waals surface area (Å²) in [7, 11) is 0. The first-order chi connectivity index (χ1) is 9.49. The maximum Gasteiger partial charge on any atom is 0.145 e. The molecule has 2 rings (SSSR count). The summed E-state index contributed by atoms with van der Waals surface area (Å²) in [6.07, 6.45) is -0.281. The van der Waals surface area contributed by atoms with Crippen LogP contribution in [-0.4, -0.2) is 5.78 Å². The van der Waals surface area contributed by atoms with Gasteiger partial charge in [0, 0.05) is 12.8 Å². The third kappa shape index (κ3) is 3.35. The highest BCUT2D eigenvalue weighted by atomic mass is 35.5. The SMILES string of the molecule is O=C(Cc1cccc(Cl)c1F)Cc1cccc(Cl)c1F. The van der Waals surface area contributed by atoms with Gasteiger partial charge < -0.3 is 0 Å². The Morgan fingerprint density at radius 2 is 1.25 bits per heavy atom. The van der Waals surface area contributed by atoms with Crippen molar-refractivity contribution in [1.82, 2.24) is 0 Å². The van der Waals surface area contributed by atoms with Gasteiger partial charge >= 0.3 is 0 Å². The van der Waals surface area contributed by atoms with Crippen LogP contribution in [0.5, 0.6) is 0 Å². The van der Waals surface area contributed by atoms with E-state index in [1.165, 1.54) is 24.3 Å². The summed E-state index contributed by atoms with van der Waals surface area (Å²) in [4.78, 5) is 11.9. The molecule has 2 aromatic carbocycles. The minimum Gasteiger partial charge on any atom is -0.299 e. The van der Waals surface area contributed by atoms with Gasteiger partial charge in [0.25, 0.3) is 0 Å². The zero-order chi connectivity index (χ0) is 14.7. The monoisotopic (exact) mass is 314 g/mol. The molecule has 0 unspecified atom stereocenters. The fourth-order valence-corrected chi connectivity index (χ4v) is 2.25. The molecule has 0 spiro atoms. The van der Waals surface area contributed by atoms with Gasteiger partial charge in [-0.15, -0.1) is 0 Å². The van der Waals surface area contributed by atoms with Crippen molar-refractivity contribution in [1.29, 1.82) is 0 Å². The van der Waals surface area contributed by atoms with Gasteiger partial charge in [0.2, 0.25) is 0 Å². The molecule has 0 aromatic heterocycles. The van der Waals surface area contributed by atoms with Crippen LogP contribution in [0.1, 0.15) is 11.1 Å². The number of Topliss-reactive ketones (excluding diaryl/α,β-unsaturated/α-hetero) is 1. The summed E-state index contributed by atoms with van der Waals surface area (Å²) in [6, 6.07) is 8.89. The van der Waals surface area contributed by atoms with Crippen molar-refractivity contribution in [3.05, 3.63) is 69.2 Å². The standard InChI is InChI=1S/C15H10Cl2F2O/c16-12-5-1-3-9(14(12)18)7-11(20)8-10-4-2-6-13(17)15(10)19/h1-6H,7-8H2. The third-order valence-corrected chi connectivity index (χ3v) is 3.42. The largest absolute Gasteiger partial charge is 0.299 e. The molecule has 0 heterocycles. The molecular weight excluding hydrogens is 305 g/mol. The fourth-order valence-electron chi connectivity index (χ4n) is 1.86. The Hall–Kier alpha value is -1.45. The molecule has 2 aromatic rings. The van der Waals surface area contributed by atoms with Crippen LogP contribution < -0.4 is 0 Å². The number of rotatable bonds is 4.